The lowest BCUT2D eigenvalue weighted by molar-refractivity contribution is -0.141. The van der Waals surface area contributed by atoms with Gasteiger partial charge in [0.05, 0.1) is 17.7 Å². The first-order valence-corrected chi connectivity index (χ1v) is 15.6. The van der Waals surface area contributed by atoms with Gasteiger partial charge in [0.1, 0.15) is 18.3 Å². The third-order valence-corrected chi connectivity index (χ3v) is 8.86. The van der Waals surface area contributed by atoms with E-state index < -0.39 is 34.1 Å². The van der Waals surface area contributed by atoms with Crippen molar-refractivity contribution in [3.63, 3.8) is 0 Å². The molecule has 42 heavy (non-hydrogen) atoms. The van der Waals surface area contributed by atoms with Crippen LogP contribution in [0.2, 0.25) is 10.0 Å². The first kappa shape index (κ1) is 33.2. The molecule has 0 aliphatic rings. The molecule has 0 aliphatic carbocycles. The smallest absolute Gasteiger partial charge is 0.264 e. The van der Waals surface area contributed by atoms with E-state index >= 15 is 0 Å². The molecule has 3 aromatic carbocycles. The number of hydrogen-bond donors (Lipinski definition) is 1. The first-order valence-electron chi connectivity index (χ1n) is 13.4. The number of hydrogen-bond acceptors (Lipinski definition) is 5. The molecule has 226 valence electrons. The Hall–Kier alpha value is -3.27. The number of benzene rings is 3. The number of nitrogens with one attached hydrogen (secondary N) is 1. The Bertz CT molecular complexity index is 1510. The number of nitrogens with zero attached hydrogens (tertiary/aromatic N) is 2. The molecule has 3 aromatic rings. The SMILES string of the molecule is CC[C@@H](C(=O)NC(C)(C)C)N(Cc1ccc(Cl)cc1Cl)C(=O)CN(c1ccc(OC)cc1)S(=O)(=O)c1ccc(C)cc1. The number of sulfonamides is 1. The van der Waals surface area contributed by atoms with E-state index in [1.54, 1.807) is 61.5 Å². The molecule has 1 N–H and O–H groups in total. The molecule has 3 rings (SSSR count). The molecule has 11 heteroatoms. The summed E-state index contributed by atoms with van der Waals surface area (Å²) in [5.41, 5.74) is 1.17. The number of methoxy groups -OCH3 is 1. The highest BCUT2D eigenvalue weighted by Gasteiger charge is 2.35. The number of amides is 2. The van der Waals surface area contributed by atoms with E-state index in [4.69, 9.17) is 27.9 Å². The van der Waals surface area contributed by atoms with Gasteiger partial charge in [-0.15, -0.1) is 0 Å². The van der Waals surface area contributed by atoms with E-state index in [1.807, 2.05) is 27.7 Å². The van der Waals surface area contributed by atoms with Gasteiger partial charge in [-0.25, -0.2) is 8.42 Å². The summed E-state index contributed by atoms with van der Waals surface area (Å²) in [5, 5.41) is 3.69. The second-order valence-electron chi connectivity index (χ2n) is 10.9. The molecular formula is C31H37Cl2N3O5S. The fraction of sp³-hybridized carbons (Fsp3) is 0.355. The maximum atomic E-state index is 14.2. The summed E-state index contributed by atoms with van der Waals surface area (Å²) in [6.45, 7) is 8.59. The van der Waals surface area contributed by atoms with Crippen molar-refractivity contribution in [3.05, 3.63) is 87.9 Å². The Balaban J connectivity index is 2.10. The lowest BCUT2D eigenvalue weighted by Crippen LogP contribution is -2.55. The van der Waals surface area contributed by atoms with Crippen LogP contribution in [0.25, 0.3) is 0 Å². The molecular weight excluding hydrogens is 597 g/mol. The summed E-state index contributed by atoms with van der Waals surface area (Å²) in [6, 6.07) is 16.8. The summed E-state index contributed by atoms with van der Waals surface area (Å²) in [6.07, 6.45) is 0.284. The second kappa shape index (κ2) is 13.8. The molecule has 0 unspecified atom stereocenters. The molecule has 0 spiro atoms. The minimum absolute atomic E-state index is 0.0292. The van der Waals surface area contributed by atoms with Gasteiger partial charge in [0.2, 0.25) is 11.8 Å². The minimum atomic E-state index is -4.19. The Kier molecular flexibility index (Phi) is 10.9. The molecule has 0 radical (unpaired) electrons. The third-order valence-electron chi connectivity index (χ3n) is 6.49. The predicted molar refractivity (Wildman–Crippen MR) is 168 cm³/mol. The van der Waals surface area contributed by atoms with Crippen molar-refractivity contribution in [2.24, 2.45) is 0 Å². The van der Waals surface area contributed by atoms with E-state index in [0.717, 1.165) is 9.87 Å². The maximum Gasteiger partial charge on any atom is 0.264 e. The van der Waals surface area contributed by atoms with Gasteiger partial charge in [0, 0.05) is 22.1 Å². The highest BCUT2D eigenvalue weighted by Crippen LogP contribution is 2.28. The second-order valence-corrected chi connectivity index (χ2v) is 13.6. The van der Waals surface area contributed by atoms with Crippen molar-refractivity contribution in [2.75, 3.05) is 18.0 Å². The number of rotatable bonds is 11. The van der Waals surface area contributed by atoms with Crippen molar-refractivity contribution in [3.8, 4) is 5.75 Å². The van der Waals surface area contributed by atoms with Gasteiger partial charge in [0.25, 0.3) is 10.0 Å². The van der Waals surface area contributed by atoms with Gasteiger partial charge >= 0.3 is 0 Å². The number of anilines is 1. The van der Waals surface area contributed by atoms with Crippen LogP contribution in [0.4, 0.5) is 5.69 Å². The van der Waals surface area contributed by atoms with Crippen LogP contribution in [-0.4, -0.2) is 50.4 Å². The number of carbonyl (C=O) groups excluding carboxylic acids is 2. The molecule has 8 nitrogen and oxygen atoms in total. The zero-order valence-electron chi connectivity index (χ0n) is 24.6. The summed E-state index contributed by atoms with van der Waals surface area (Å²) >= 11 is 12.6. The van der Waals surface area contributed by atoms with Crippen molar-refractivity contribution in [1.29, 1.82) is 0 Å². The zero-order valence-corrected chi connectivity index (χ0v) is 27.0. The molecule has 0 saturated heterocycles. The van der Waals surface area contributed by atoms with Crippen molar-refractivity contribution in [1.82, 2.24) is 10.2 Å². The third kappa shape index (κ3) is 8.40. The van der Waals surface area contributed by atoms with E-state index in [9.17, 15) is 18.0 Å². The standard InChI is InChI=1S/C31H37Cl2N3O5S/c1-7-28(30(38)34-31(3,4)5)35(19-22-10-11-23(32)18-27(22)33)29(37)20-36(24-12-14-25(41-6)15-13-24)42(39,40)26-16-8-21(2)9-17-26/h8-18,28H,7,19-20H2,1-6H3,(H,34,38)/t28-/m0/s1. The van der Waals surface area contributed by atoms with Crippen LogP contribution < -0.4 is 14.4 Å². The fourth-order valence-electron chi connectivity index (χ4n) is 4.32. The number of ether oxygens (including phenoxy) is 1. The van der Waals surface area contributed by atoms with Crippen LogP contribution >= 0.6 is 23.2 Å². The number of halogens is 2. The lowest BCUT2D eigenvalue weighted by Gasteiger charge is -2.35. The topological polar surface area (TPSA) is 96.0 Å². The van der Waals surface area contributed by atoms with Crippen LogP contribution in [0.3, 0.4) is 0 Å². The predicted octanol–water partition coefficient (Wildman–Crippen LogP) is 6.23. The number of carbonyl (C=O) groups is 2. The van der Waals surface area contributed by atoms with Crippen molar-refractivity contribution in [2.45, 2.75) is 64.1 Å². The summed E-state index contributed by atoms with van der Waals surface area (Å²) < 4.78 is 34.2. The average molecular weight is 635 g/mol. The quantitative estimate of drug-likeness (QED) is 0.270. The first-order chi connectivity index (χ1) is 19.7. The van der Waals surface area contributed by atoms with E-state index in [2.05, 4.69) is 5.32 Å². The van der Waals surface area contributed by atoms with E-state index in [-0.39, 0.29) is 29.5 Å². The van der Waals surface area contributed by atoms with Crippen LogP contribution in [0, 0.1) is 6.92 Å². The average Bonchev–Trinajstić information content (AvgIpc) is 2.92. The summed E-state index contributed by atoms with van der Waals surface area (Å²) in [4.78, 5) is 29.0. The Morgan fingerprint density at radius 1 is 0.976 bits per heavy atom. The monoisotopic (exact) mass is 633 g/mol. The highest BCUT2D eigenvalue weighted by atomic mass is 35.5. The van der Waals surface area contributed by atoms with Gasteiger partial charge in [0.15, 0.2) is 0 Å². The van der Waals surface area contributed by atoms with E-state index in [1.165, 1.54) is 24.1 Å². The summed E-state index contributed by atoms with van der Waals surface area (Å²) in [7, 11) is -2.68. The summed E-state index contributed by atoms with van der Waals surface area (Å²) in [5.74, 6) is -0.411. The van der Waals surface area contributed by atoms with Crippen LogP contribution in [0.5, 0.6) is 5.75 Å². The van der Waals surface area contributed by atoms with Gasteiger partial charge in [-0.3, -0.25) is 13.9 Å². The molecule has 2 amide bonds. The maximum absolute atomic E-state index is 14.2. The zero-order chi connectivity index (χ0) is 31.2. The van der Waals surface area contributed by atoms with Crippen molar-refractivity contribution >= 4 is 50.7 Å². The Morgan fingerprint density at radius 3 is 2.12 bits per heavy atom. The van der Waals surface area contributed by atoms with Crippen LogP contribution in [0.15, 0.2) is 71.6 Å². The minimum Gasteiger partial charge on any atom is -0.497 e. The molecule has 0 heterocycles. The fourth-order valence-corrected chi connectivity index (χ4v) is 6.20. The van der Waals surface area contributed by atoms with Gasteiger partial charge < -0.3 is 15.0 Å². The molecule has 0 bridgehead atoms. The van der Waals surface area contributed by atoms with Crippen molar-refractivity contribution < 1.29 is 22.7 Å². The lowest BCUT2D eigenvalue weighted by atomic mass is 10.1. The van der Waals surface area contributed by atoms with Crippen LogP contribution in [-0.2, 0) is 26.2 Å². The largest absolute Gasteiger partial charge is 0.497 e. The molecule has 0 aromatic heterocycles. The Morgan fingerprint density at radius 2 is 1.60 bits per heavy atom. The highest BCUT2D eigenvalue weighted by molar-refractivity contribution is 7.92. The molecule has 0 fully saturated rings. The molecule has 0 saturated carbocycles. The van der Waals surface area contributed by atoms with Gasteiger partial charge in [-0.05, 0) is 88.2 Å². The van der Waals surface area contributed by atoms with Gasteiger partial charge in [-0.1, -0.05) is 53.9 Å². The molecule has 1 atom stereocenters. The number of aryl methyl sites for hydroxylation is 1. The van der Waals surface area contributed by atoms with E-state index in [0.29, 0.717) is 21.4 Å². The molecule has 0 aliphatic heterocycles. The van der Waals surface area contributed by atoms with Crippen LogP contribution in [0.1, 0.15) is 45.2 Å². The normalized spacial score (nSPS) is 12.4. The van der Waals surface area contributed by atoms with Gasteiger partial charge in [-0.2, -0.15) is 0 Å². The Labute approximate surface area is 258 Å².